The minimum atomic E-state index is -0.436. The number of hydrogen-bond acceptors (Lipinski definition) is 6. The van der Waals surface area contributed by atoms with Gasteiger partial charge in [0.2, 0.25) is 0 Å². The summed E-state index contributed by atoms with van der Waals surface area (Å²) >= 11 is 6.86. The first-order chi connectivity index (χ1) is 14.0. The molecule has 1 fully saturated rings. The number of para-hydroxylation sites is 1. The van der Waals surface area contributed by atoms with E-state index in [0.29, 0.717) is 39.3 Å². The van der Waals surface area contributed by atoms with Crippen LogP contribution in [0.3, 0.4) is 0 Å². The maximum Gasteiger partial charge on any atom is 0.290 e. The first-order valence-corrected chi connectivity index (χ1v) is 9.84. The number of halogens is 1. The second-order valence-electron chi connectivity index (χ2n) is 5.81. The van der Waals surface area contributed by atoms with Gasteiger partial charge in [-0.25, -0.2) is 0 Å². The molecule has 0 radical (unpaired) electrons. The molecule has 1 aliphatic heterocycles. The SMILES string of the molecule is CCOc1cc(/C=C2\SC(=O)NC2=O)ccc1OCC(=O)Nc1ccccc1Cl. The summed E-state index contributed by atoms with van der Waals surface area (Å²) in [6, 6.07) is 11.9. The van der Waals surface area contributed by atoms with Crippen molar-refractivity contribution in [2.75, 3.05) is 18.5 Å². The number of carbonyl (C=O) groups excluding carboxylic acids is 3. The third-order valence-corrected chi connectivity index (χ3v) is 4.85. The minimum absolute atomic E-state index is 0.238. The van der Waals surface area contributed by atoms with Crippen molar-refractivity contribution in [3.8, 4) is 11.5 Å². The predicted molar refractivity (Wildman–Crippen MR) is 112 cm³/mol. The number of anilines is 1. The molecule has 1 saturated heterocycles. The van der Waals surface area contributed by atoms with Crippen molar-refractivity contribution in [2.24, 2.45) is 0 Å². The van der Waals surface area contributed by atoms with Gasteiger partial charge in [-0.05, 0) is 54.6 Å². The third-order valence-electron chi connectivity index (χ3n) is 3.71. The van der Waals surface area contributed by atoms with Crippen molar-refractivity contribution < 1.29 is 23.9 Å². The van der Waals surface area contributed by atoms with Crippen molar-refractivity contribution in [3.05, 3.63) is 58.0 Å². The number of nitrogens with one attached hydrogen (secondary N) is 2. The van der Waals surface area contributed by atoms with E-state index >= 15 is 0 Å². The smallest absolute Gasteiger partial charge is 0.290 e. The zero-order chi connectivity index (χ0) is 20.8. The Kier molecular flexibility index (Phi) is 6.79. The fourth-order valence-electron chi connectivity index (χ4n) is 2.47. The highest BCUT2D eigenvalue weighted by molar-refractivity contribution is 8.18. The number of benzene rings is 2. The van der Waals surface area contributed by atoms with Crippen molar-refractivity contribution in [3.63, 3.8) is 0 Å². The van der Waals surface area contributed by atoms with Gasteiger partial charge in [-0.3, -0.25) is 19.7 Å². The molecule has 3 rings (SSSR count). The zero-order valence-electron chi connectivity index (χ0n) is 15.4. The molecule has 2 aromatic rings. The van der Waals surface area contributed by atoms with Crippen LogP contribution in [0, 0.1) is 0 Å². The van der Waals surface area contributed by atoms with Gasteiger partial charge in [0, 0.05) is 0 Å². The molecule has 150 valence electrons. The average molecular weight is 433 g/mol. The van der Waals surface area contributed by atoms with E-state index < -0.39 is 11.1 Å². The van der Waals surface area contributed by atoms with Gasteiger partial charge in [-0.2, -0.15) is 0 Å². The molecule has 29 heavy (non-hydrogen) atoms. The highest BCUT2D eigenvalue weighted by Gasteiger charge is 2.25. The Morgan fingerprint density at radius 3 is 2.66 bits per heavy atom. The second kappa shape index (κ2) is 9.49. The second-order valence-corrected chi connectivity index (χ2v) is 7.23. The lowest BCUT2D eigenvalue weighted by Gasteiger charge is -2.13. The molecule has 2 aromatic carbocycles. The van der Waals surface area contributed by atoms with E-state index in [-0.39, 0.29) is 12.5 Å². The topological polar surface area (TPSA) is 93.7 Å². The van der Waals surface area contributed by atoms with Crippen molar-refractivity contribution in [1.82, 2.24) is 5.32 Å². The van der Waals surface area contributed by atoms with E-state index in [2.05, 4.69) is 10.6 Å². The van der Waals surface area contributed by atoms with E-state index in [1.165, 1.54) is 0 Å². The van der Waals surface area contributed by atoms with Gasteiger partial charge in [0.25, 0.3) is 17.1 Å². The molecule has 0 saturated carbocycles. The molecule has 9 heteroatoms. The molecule has 0 atom stereocenters. The predicted octanol–water partition coefficient (Wildman–Crippen LogP) is 4.08. The number of imide groups is 1. The lowest BCUT2D eigenvalue weighted by atomic mass is 10.2. The van der Waals surface area contributed by atoms with Crippen LogP contribution in [0.5, 0.6) is 11.5 Å². The minimum Gasteiger partial charge on any atom is -0.490 e. The summed E-state index contributed by atoms with van der Waals surface area (Å²) in [5.74, 6) is -0.0103. The summed E-state index contributed by atoms with van der Waals surface area (Å²) in [6.07, 6.45) is 1.58. The van der Waals surface area contributed by atoms with Gasteiger partial charge in [-0.15, -0.1) is 0 Å². The molecule has 3 amide bonds. The van der Waals surface area contributed by atoms with Crippen LogP contribution in [0.25, 0.3) is 6.08 Å². The summed E-state index contributed by atoms with van der Waals surface area (Å²) < 4.78 is 11.2. The quantitative estimate of drug-likeness (QED) is 0.640. The van der Waals surface area contributed by atoms with E-state index in [1.807, 2.05) is 6.92 Å². The molecule has 0 spiro atoms. The Bertz CT molecular complexity index is 993. The number of rotatable bonds is 7. The first kappa shape index (κ1) is 20.8. The van der Waals surface area contributed by atoms with Gasteiger partial charge in [0.05, 0.1) is 22.2 Å². The van der Waals surface area contributed by atoms with Gasteiger partial charge >= 0.3 is 0 Å². The van der Waals surface area contributed by atoms with E-state index in [0.717, 1.165) is 11.8 Å². The highest BCUT2D eigenvalue weighted by Crippen LogP contribution is 2.32. The highest BCUT2D eigenvalue weighted by atomic mass is 35.5. The summed E-state index contributed by atoms with van der Waals surface area (Å²) in [6.45, 7) is 1.96. The number of hydrogen-bond donors (Lipinski definition) is 2. The summed E-state index contributed by atoms with van der Waals surface area (Å²) in [5, 5.41) is 4.90. The van der Waals surface area contributed by atoms with Crippen molar-refractivity contribution >= 4 is 52.2 Å². The molecule has 0 unspecified atom stereocenters. The van der Waals surface area contributed by atoms with Crippen LogP contribution in [-0.4, -0.2) is 30.3 Å². The van der Waals surface area contributed by atoms with Crippen molar-refractivity contribution in [1.29, 1.82) is 0 Å². The van der Waals surface area contributed by atoms with Crippen LogP contribution in [0.2, 0.25) is 5.02 Å². The van der Waals surface area contributed by atoms with E-state index in [1.54, 1.807) is 48.5 Å². The molecule has 1 aliphatic rings. The summed E-state index contributed by atoms with van der Waals surface area (Å²) in [7, 11) is 0. The summed E-state index contributed by atoms with van der Waals surface area (Å²) in [5.41, 5.74) is 1.16. The molecule has 0 aromatic heterocycles. The van der Waals surface area contributed by atoms with Crippen LogP contribution in [0.4, 0.5) is 10.5 Å². The Labute approximate surface area is 176 Å². The van der Waals surface area contributed by atoms with Crippen LogP contribution >= 0.6 is 23.4 Å². The molecule has 0 aliphatic carbocycles. The lowest BCUT2D eigenvalue weighted by Crippen LogP contribution is -2.20. The van der Waals surface area contributed by atoms with E-state index in [4.69, 9.17) is 21.1 Å². The molecular weight excluding hydrogens is 416 g/mol. The maximum absolute atomic E-state index is 12.1. The largest absolute Gasteiger partial charge is 0.490 e. The van der Waals surface area contributed by atoms with Crippen LogP contribution in [0.1, 0.15) is 12.5 Å². The number of thioether (sulfide) groups is 1. The van der Waals surface area contributed by atoms with Gasteiger partial charge in [0.15, 0.2) is 18.1 Å². The van der Waals surface area contributed by atoms with Crippen LogP contribution in [0.15, 0.2) is 47.4 Å². The van der Waals surface area contributed by atoms with Crippen LogP contribution < -0.4 is 20.1 Å². The Balaban J connectivity index is 1.69. The monoisotopic (exact) mass is 432 g/mol. The Morgan fingerprint density at radius 1 is 1.17 bits per heavy atom. The lowest BCUT2D eigenvalue weighted by molar-refractivity contribution is -0.118. The molecule has 0 bridgehead atoms. The third kappa shape index (κ3) is 5.52. The number of carbonyl (C=O) groups is 3. The Hall–Kier alpha value is -2.97. The summed E-state index contributed by atoms with van der Waals surface area (Å²) in [4.78, 5) is 35.4. The number of amides is 3. The molecular formula is C20H17ClN2O5S. The number of ether oxygens (including phenoxy) is 2. The van der Waals surface area contributed by atoms with E-state index in [9.17, 15) is 14.4 Å². The average Bonchev–Trinajstić information content (AvgIpc) is 3.00. The van der Waals surface area contributed by atoms with Gasteiger partial charge in [0.1, 0.15) is 0 Å². The van der Waals surface area contributed by atoms with Gasteiger partial charge in [-0.1, -0.05) is 29.8 Å². The zero-order valence-corrected chi connectivity index (χ0v) is 16.9. The normalized spacial score (nSPS) is 14.6. The van der Waals surface area contributed by atoms with Gasteiger partial charge < -0.3 is 14.8 Å². The molecule has 7 nitrogen and oxygen atoms in total. The first-order valence-electron chi connectivity index (χ1n) is 8.65. The molecule has 1 heterocycles. The molecule has 2 N–H and O–H groups in total. The maximum atomic E-state index is 12.1. The van der Waals surface area contributed by atoms with Crippen molar-refractivity contribution in [2.45, 2.75) is 6.92 Å². The fourth-order valence-corrected chi connectivity index (χ4v) is 3.33. The fraction of sp³-hybridized carbons (Fsp3) is 0.150. The van der Waals surface area contributed by atoms with Crippen LogP contribution in [-0.2, 0) is 9.59 Å². The standard InChI is InChI=1S/C20H17ClN2O5S/c1-2-27-16-9-12(10-17-19(25)23-20(26)29-17)7-8-15(16)28-11-18(24)22-14-6-4-3-5-13(14)21/h3-10H,2,11H2,1H3,(H,22,24)(H,23,25,26)/b17-10-. The Morgan fingerprint density at radius 2 is 1.97 bits per heavy atom.